The van der Waals surface area contributed by atoms with Crippen LogP contribution in [0.5, 0.6) is 0 Å². The number of ketones is 1. The van der Waals surface area contributed by atoms with Crippen molar-refractivity contribution in [3.05, 3.63) is 29.8 Å². The molecule has 1 spiro atoms. The molecule has 2 fully saturated rings. The van der Waals surface area contributed by atoms with E-state index in [4.69, 9.17) is 5.73 Å². The number of nitrogens with two attached hydrogens (primary N) is 1. The molecule has 106 valence electrons. The van der Waals surface area contributed by atoms with E-state index in [-0.39, 0.29) is 17.6 Å². The van der Waals surface area contributed by atoms with Crippen LogP contribution in [-0.2, 0) is 16.0 Å². The van der Waals surface area contributed by atoms with Crippen molar-refractivity contribution in [2.24, 2.45) is 5.92 Å². The smallest absolute Gasteiger partial charge is 0.224 e. The van der Waals surface area contributed by atoms with Gasteiger partial charge in [0.25, 0.3) is 0 Å². The second kappa shape index (κ2) is 4.93. The minimum atomic E-state index is -0.533. The van der Waals surface area contributed by atoms with E-state index >= 15 is 0 Å². The molecule has 1 atom stereocenters. The first-order valence-corrected chi connectivity index (χ1v) is 7.29. The number of carbonyl (C=O) groups excluding carboxylic acids is 2. The van der Waals surface area contributed by atoms with Gasteiger partial charge in [0.2, 0.25) is 5.91 Å². The van der Waals surface area contributed by atoms with Crippen molar-refractivity contribution in [1.29, 1.82) is 0 Å². The van der Waals surface area contributed by atoms with E-state index in [1.807, 2.05) is 24.3 Å². The number of piperidine rings is 1. The van der Waals surface area contributed by atoms with E-state index in [0.717, 1.165) is 31.2 Å². The zero-order chi connectivity index (χ0) is 14.2. The number of carbonyl (C=O) groups is 2. The summed E-state index contributed by atoms with van der Waals surface area (Å²) in [7, 11) is 0. The summed E-state index contributed by atoms with van der Waals surface area (Å²) in [4.78, 5) is 24.7. The van der Waals surface area contributed by atoms with E-state index in [1.54, 1.807) is 0 Å². The van der Waals surface area contributed by atoms with Crippen LogP contribution in [0.25, 0.3) is 0 Å². The van der Waals surface area contributed by atoms with Gasteiger partial charge in [0.15, 0.2) is 5.78 Å². The molecule has 0 radical (unpaired) electrons. The monoisotopic (exact) mass is 272 g/mol. The predicted octanol–water partition coefficient (Wildman–Crippen LogP) is 1.83. The van der Waals surface area contributed by atoms with Crippen LogP contribution >= 0.6 is 0 Å². The molecule has 0 bridgehead atoms. The van der Waals surface area contributed by atoms with Gasteiger partial charge in [-0.05, 0) is 37.0 Å². The Morgan fingerprint density at radius 3 is 2.45 bits per heavy atom. The molecule has 1 saturated carbocycles. The van der Waals surface area contributed by atoms with Gasteiger partial charge in [-0.1, -0.05) is 25.0 Å². The summed E-state index contributed by atoms with van der Waals surface area (Å²) in [5.41, 5.74) is 6.88. The summed E-state index contributed by atoms with van der Waals surface area (Å²) < 4.78 is 0. The fourth-order valence-corrected chi connectivity index (χ4v) is 3.40. The van der Waals surface area contributed by atoms with Gasteiger partial charge in [-0.3, -0.25) is 9.59 Å². The summed E-state index contributed by atoms with van der Waals surface area (Å²) in [5.74, 6) is 0.00993. The summed E-state index contributed by atoms with van der Waals surface area (Å²) in [6.45, 7) is 0. The third kappa shape index (κ3) is 2.30. The highest BCUT2D eigenvalue weighted by atomic mass is 16.2. The lowest BCUT2D eigenvalue weighted by atomic mass is 9.79. The van der Waals surface area contributed by atoms with Gasteiger partial charge in [-0.15, -0.1) is 0 Å². The van der Waals surface area contributed by atoms with Gasteiger partial charge in [0.05, 0.1) is 5.54 Å². The first-order valence-electron chi connectivity index (χ1n) is 7.29. The molecule has 4 nitrogen and oxygen atoms in total. The molecule has 1 aliphatic heterocycles. The molecule has 3 N–H and O–H groups in total. The van der Waals surface area contributed by atoms with Crippen LogP contribution in [-0.4, -0.2) is 17.2 Å². The van der Waals surface area contributed by atoms with E-state index in [0.29, 0.717) is 18.5 Å². The van der Waals surface area contributed by atoms with E-state index in [2.05, 4.69) is 5.32 Å². The van der Waals surface area contributed by atoms with Crippen molar-refractivity contribution in [2.45, 2.75) is 44.1 Å². The standard InChI is InChI=1S/C16H20N2O2/c17-13-5-3-11(4-6-13)9-12-10-14(19)16(18-15(12)20)7-1-2-8-16/h3-6,12H,1-2,7-10,17H2,(H,18,20)/t12-/m1/s1. The summed E-state index contributed by atoms with van der Waals surface area (Å²) in [6.07, 6.45) is 4.67. The average Bonchev–Trinajstić information content (AvgIpc) is 2.88. The van der Waals surface area contributed by atoms with Gasteiger partial charge in [-0.25, -0.2) is 0 Å². The summed E-state index contributed by atoms with van der Waals surface area (Å²) >= 11 is 0. The Kier molecular flexibility index (Phi) is 3.24. The van der Waals surface area contributed by atoms with Crippen molar-refractivity contribution >= 4 is 17.4 Å². The van der Waals surface area contributed by atoms with Crippen LogP contribution in [0.3, 0.4) is 0 Å². The van der Waals surface area contributed by atoms with Crippen molar-refractivity contribution in [3.63, 3.8) is 0 Å². The van der Waals surface area contributed by atoms with Crippen molar-refractivity contribution in [1.82, 2.24) is 5.32 Å². The SMILES string of the molecule is Nc1ccc(C[C@@H]2CC(=O)C3(CCCC3)NC2=O)cc1. The van der Waals surface area contributed by atoms with Crippen LogP contribution in [0.4, 0.5) is 5.69 Å². The van der Waals surface area contributed by atoms with Gasteiger partial charge in [0, 0.05) is 18.0 Å². The number of hydrogen-bond acceptors (Lipinski definition) is 3. The molecule has 0 aromatic heterocycles. The average molecular weight is 272 g/mol. The third-order valence-corrected chi connectivity index (χ3v) is 4.62. The van der Waals surface area contributed by atoms with E-state index in [1.165, 1.54) is 0 Å². The Morgan fingerprint density at radius 1 is 1.15 bits per heavy atom. The lowest BCUT2D eigenvalue weighted by Gasteiger charge is -2.36. The molecule has 1 aromatic rings. The van der Waals surface area contributed by atoms with Gasteiger partial charge in [-0.2, -0.15) is 0 Å². The number of rotatable bonds is 2. The second-order valence-electron chi connectivity index (χ2n) is 6.05. The second-order valence-corrected chi connectivity index (χ2v) is 6.05. The van der Waals surface area contributed by atoms with Crippen molar-refractivity contribution < 1.29 is 9.59 Å². The molecule has 1 saturated heterocycles. The summed E-state index contributed by atoms with van der Waals surface area (Å²) in [6, 6.07) is 7.51. The number of nitrogen functional groups attached to an aromatic ring is 1. The largest absolute Gasteiger partial charge is 0.399 e. The zero-order valence-electron chi connectivity index (χ0n) is 11.5. The molecular formula is C16H20N2O2. The Labute approximate surface area is 118 Å². The minimum absolute atomic E-state index is 0.0309. The lowest BCUT2D eigenvalue weighted by molar-refractivity contribution is -0.141. The highest BCUT2D eigenvalue weighted by molar-refractivity contribution is 6.00. The predicted molar refractivity (Wildman–Crippen MR) is 77.0 cm³/mol. The molecule has 0 unspecified atom stereocenters. The van der Waals surface area contributed by atoms with E-state index in [9.17, 15) is 9.59 Å². The van der Waals surface area contributed by atoms with Gasteiger partial charge >= 0.3 is 0 Å². The zero-order valence-corrected chi connectivity index (χ0v) is 11.5. The molecule has 4 heteroatoms. The van der Waals surface area contributed by atoms with Gasteiger partial charge < -0.3 is 11.1 Å². The highest BCUT2D eigenvalue weighted by Crippen LogP contribution is 2.36. The van der Waals surface area contributed by atoms with Crippen LogP contribution in [0.2, 0.25) is 0 Å². The molecular weight excluding hydrogens is 252 g/mol. The Bertz CT molecular complexity index is 530. The maximum atomic E-state index is 12.4. The Morgan fingerprint density at radius 2 is 1.80 bits per heavy atom. The van der Waals surface area contributed by atoms with Crippen LogP contribution in [0.1, 0.15) is 37.7 Å². The maximum absolute atomic E-state index is 12.4. The van der Waals surface area contributed by atoms with E-state index < -0.39 is 5.54 Å². The number of amides is 1. The third-order valence-electron chi connectivity index (χ3n) is 4.62. The number of nitrogens with one attached hydrogen (secondary N) is 1. The van der Waals surface area contributed by atoms with Crippen molar-refractivity contribution in [2.75, 3.05) is 5.73 Å². The summed E-state index contributed by atoms with van der Waals surface area (Å²) in [5, 5.41) is 3.01. The lowest BCUT2D eigenvalue weighted by Crippen LogP contribution is -2.59. The molecule has 3 rings (SSSR count). The Hall–Kier alpha value is -1.84. The molecule has 1 heterocycles. The van der Waals surface area contributed by atoms with Gasteiger partial charge in [0.1, 0.15) is 0 Å². The molecule has 1 amide bonds. The molecule has 20 heavy (non-hydrogen) atoms. The number of benzene rings is 1. The topological polar surface area (TPSA) is 72.2 Å². The Balaban J connectivity index is 1.71. The van der Waals surface area contributed by atoms with Crippen molar-refractivity contribution in [3.8, 4) is 0 Å². The normalized spacial score (nSPS) is 24.9. The quantitative estimate of drug-likeness (QED) is 0.807. The number of Topliss-reactive ketones (excluding diaryl/α,β-unsaturated/α-hetero) is 1. The first kappa shape index (κ1) is 13.2. The fraction of sp³-hybridized carbons (Fsp3) is 0.500. The van der Waals surface area contributed by atoms with Crippen LogP contribution in [0, 0.1) is 5.92 Å². The van der Waals surface area contributed by atoms with Crippen LogP contribution < -0.4 is 11.1 Å². The maximum Gasteiger partial charge on any atom is 0.224 e. The number of hydrogen-bond donors (Lipinski definition) is 2. The molecule has 1 aromatic carbocycles. The molecule has 2 aliphatic rings. The van der Waals surface area contributed by atoms with Crippen LogP contribution in [0.15, 0.2) is 24.3 Å². The minimum Gasteiger partial charge on any atom is -0.399 e. The molecule has 1 aliphatic carbocycles. The first-order chi connectivity index (χ1) is 9.59. The number of anilines is 1. The highest BCUT2D eigenvalue weighted by Gasteiger charge is 2.47. The fourth-order valence-electron chi connectivity index (χ4n) is 3.40.